The van der Waals surface area contributed by atoms with Crippen molar-refractivity contribution in [1.82, 2.24) is 29.5 Å². The fourth-order valence-corrected chi connectivity index (χ4v) is 2.14. The van der Waals surface area contributed by atoms with E-state index in [1.54, 1.807) is 23.3 Å². The molecule has 0 aliphatic heterocycles. The first kappa shape index (κ1) is 11.2. The number of fused-ring (bicyclic) bond motifs is 1. The Hall–Kier alpha value is -1.95. The molecule has 18 heavy (non-hydrogen) atoms. The summed E-state index contributed by atoms with van der Waals surface area (Å²) in [6, 6.07) is 1.94. The smallest absolute Gasteiger partial charge is 0.124 e. The van der Waals surface area contributed by atoms with Crippen LogP contribution in [0.25, 0.3) is 11.0 Å². The van der Waals surface area contributed by atoms with Gasteiger partial charge in [0.25, 0.3) is 0 Å². The van der Waals surface area contributed by atoms with Gasteiger partial charge in [0.15, 0.2) is 0 Å². The van der Waals surface area contributed by atoms with E-state index in [4.69, 9.17) is 11.6 Å². The molecule has 6 nitrogen and oxygen atoms in total. The second kappa shape index (κ2) is 4.73. The Morgan fingerprint density at radius 2 is 2.17 bits per heavy atom. The van der Waals surface area contributed by atoms with Crippen LogP contribution in [0.4, 0.5) is 0 Å². The molecule has 0 bridgehead atoms. The van der Waals surface area contributed by atoms with Crippen LogP contribution in [0.5, 0.6) is 0 Å². The van der Waals surface area contributed by atoms with Crippen LogP contribution in [-0.4, -0.2) is 29.5 Å². The Morgan fingerprint density at radius 3 is 2.94 bits per heavy atom. The Labute approximate surface area is 108 Å². The predicted octanol–water partition coefficient (Wildman–Crippen LogP) is 1.46. The minimum Gasteiger partial charge on any atom is -0.325 e. The lowest BCUT2D eigenvalue weighted by molar-refractivity contribution is 0.519. The fraction of sp³-hybridized carbons (Fsp3) is 0.273. The monoisotopic (exact) mass is 262 g/mol. The van der Waals surface area contributed by atoms with Gasteiger partial charge in [-0.05, 0) is 6.07 Å². The maximum atomic E-state index is 5.93. The van der Waals surface area contributed by atoms with Gasteiger partial charge in [-0.15, -0.1) is 16.7 Å². The summed E-state index contributed by atoms with van der Waals surface area (Å²) in [4.78, 5) is 8.52. The SMILES string of the molecule is ClCc1nc2cnccc2n1CCn1ccnn1. The van der Waals surface area contributed by atoms with Gasteiger partial charge in [-0.3, -0.25) is 9.67 Å². The van der Waals surface area contributed by atoms with Gasteiger partial charge < -0.3 is 4.57 Å². The molecule has 0 amide bonds. The molecule has 0 aliphatic carbocycles. The number of hydrogen-bond acceptors (Lipinski definition) is 4. The van der Waals surface area contributed by atoms with Crippen molar-refractivity contribution in [1.29, 1.82) is 0 Å². The summed E-state index contributed by atoms with van der Waals surface area (Å²) in [5, 5.41) is 7.72. The molecule has 3 heterocycles. The summed E-state index contributed by atoms with van der Waals surface area (Å²) in [5.74, 6) is 1.23. The molecule has 3 aromatic heterocycles. The zero-order chi connectivity index (χ0) is 12.4. The Bertz CT molecular complexity index is 645. The molecule has 0 radical (unpaired) electrons. The Balaban J connectivity index is 1.94. The van der Waals surface area contributed by atoms with Crippen molar-refractivity contribution in [2.45, 2.75) is 19.0 Å². The van der Waals surface area contributed by atoms with Gasteiger partial charge in [0, 0.05) is 18.9 Å². The van der Waals surface area contributed by atoms with E-state index in [9.17, 15) is 0 Å². The predicted molar refractivity (Wildman–Crippen MR) is 67.1 cm³/mol. The molecular formula is C11H11ClN6. The number of alkyl halides is 1. The van der Waals surface area contributed by atoms with Crippen LogP contribution in [0.15, 0.2) is 30.9 Å². The molecule has 3 aromatic rings. The van der Waals surface area contributed by atoms with Crippen molar-refractivity contribution in [2.75, 3.05) is 0 Å². The van der Waals surface area contributed by atoms with Gasteiger partial charge in [-0.25, -0.2) is 4.98 Å². The van der Waals surface area contributed by atoms with Crippen LogP contribution in [0, 0.1) is 0 Å². The van der Waals surface area contributed by atoms with E-state index < -0.39 is 0 Å². The molecule has 0 saturated heterocycles. The Morgan fingerprint density at radius 1 is 1.22 bits per heavy atom. The molecule has 0 N–H and O–H groups in total. The van der Waals surface area contributed by atoms with Crippen LogP contribution < -0.4 is 0 Å². The molecule has 0 aromatic carbocycles. The average molecular weight is 263 g/mol. The van der Waals surface area contributed by atoms with Gasteiger partial charge in [-0.1, -0.05) is 5.21 Å². The first-order valence-electron chi connectivity index (χ1n) is 5.57. The zero-order valence-corrected chi connectivity index (χ0v) is 10.3. The van der Waals surface area contributed by atoms with Crippen molar-refractivity contribution >= 4 is 22.6 Å². The Kier molecular flexibility index (Phi) is 2.93. The third-order valence-electron chi connectivity index (χ3n) is 2.77. The molecule has 0 spiro atoms. The summed E-state index contributed by atoms with van der Waals surface area (Å²) < 4.78 is 3.87. The van der Waals surface area contributed by atoms with E-state index >= 15 is 0 Å². The summed E-state index contributed by atoms with van der Waals surface area (Å²) in [5.41, 5.74) is 1.91. The van der Waals surface area contributed by atoms with E-state index in [1.165, 1.54) is 0 Å². The summed E-state index contributed by atoms with van der Waals surface area (Å²) in [6.45, 7) is 1.49. The molecule has 3 rings (SSSR count). The van der Waals surface area contributed by atoms with Crippen molar-refractivity contribution in [2.24, 2.45) is 0 Å². The van der Waals surface area contributed by atoms with Gasteiger partial charge in [0.05, 0.1) is 30.3 Å². The lowest BCUT2D eigenvalue weighted by atomic mass is 10.4. The van der Waals surface area contributed by atoms with Crippen LogP contribution in [0.1, 0.15) is 5.82 Å². The van der Waals surface area contributed by atoms with Crippen molar-refractivity contribution in [3.05, 3.63) is 36.7 Å². The molecule has 0 saturated carbocycles. The molecular weight excluding hydrogens is 252 g/mol. The molecule has 0 unspecified atom stereocenters. The average Bonchev–Trinajstić information content (AvgIpc) is 3.03. The van der Waals surface area contributed by atoms with E-state index in [0.29, 0.717) is 5.88 Å². The molecule has 92 valence electrons. The van der Waals surface area contributed by atoms with Crippen molar-refractivity contribution < 1.29 is 0 Å². The number of rotatable bonds is 4. The summed E-state index contributed by atoms with van der Waals surface area (Å²) >= 11 is 5.93. The van der Waals surface area contributed by atoms with Crippen LogP contribution in [-0.2, 0) is 19.0 Å². The number of nitrogens with zero attached hydrogens (tertiary/aromatic N) is 6. The minimum absolute atomic E-state index is 0.381. The number of aromatic nitrogens is 6. The maximum Gasteiger partial charge on any atom is 0.124 e. The van der Waals surface area contributed by atoms with E-state index in [-0.39, 0.29) is 0 Å². The van der Waals surface area contributed by atoms with Crippen molar-refractivity contribution in [3.63, 3.8) is 0 Å². The van der Waals surface area contributed by atoms with Gasteiger partial charge in [0.1, 0.15) is 11.3 Å². The number of pyridine rings is 1. The minimum atomic E-state index is 0.381. The van der Waals surface area contributed by atoms with Crippen molar-refractivity contribution in [3.8, 4) is 0 Å². The standard InChI is InChI=1S/C11H11ClN6/c12-7-11-15-9-8-13-2-1-10(9)18(11)6-5-17-4-3-14-16-17/h1-4,8H,5-7H2. The number of hydrogen-bond donors (Lipinski definition) is 0. The second-order valence-corrected chi connectivity index (χ2v) is 4.11. The fourth-order valence-electron chi connectivity index (χ4n) is 1.94. The van der Waals surface area contributed by atoms with E-state index in [1.807, 2.05) is 12.3 Å². The van der Waals surface area contributed by atoms with Crippen LogP contribution in [0.2, 0.25) is 0 Å². The van der Waals surface area contributed by atoms with E-state index in [2.05, 4.69) is 24.8 Å². The summed E-state index contributed by atoms with van der Waals surface area (Å²) in [7, 11) is 0. The lowest BCUT2D eigenvalue weighted by Crippen LogP contribution is -2.10. The third kappa shape index (κ3) is 1.95. The maximum absolute atomic E-state index is 5.93. The molecule has 7 heteroatoms. The van der Waals surface area contributed by atoms with Gasteiger partial charge in [0.2, 0.25) is 0 Å². The highest BCUT2D eigenvalue weighted by Gasteiger charge is 2.09. The normalized spacial score (nSPS) is 11.2. The topological polar surface area (TPSA) is 61.4 Å². The van der Waals surface area contributed by atoms with Gasteiger partial charge >= 0.3 is 0 Å². The molecule has 0 atom stereocenters. The highest BCUT2D eigenvalue weighted by molar-refractivity contribution is 6.16. The number of imidazole rings is 1. The lowest BCUT2D eigenvalue weighted by Gasteiger charge is -2.07. The first-order chi connectivity index (χ1) is 8.88. The van der Waals surface area contributed by atoms with E-state index in [0.717, 1.165) is 29.9 Å². The largest absolute Gasteiger partial charge is 0.325 e. The van der Waals surface area contributed by atoms with Crippen LogP contribution in [0.3, 0.4) is 0 Å². The second-order valence-electron chi connectivity index (χ2n) is 3.84. The number of aryl methyl sites for hydroxylation is 2. The zero-order valence-electron chi connectivity index (χ0n) is 9.57. The number of halogens is 1. The summed E-state index contributed by atoms with van der Waals surface area (Å²) in [6.07, 6.45) is 7.00. The van der Waals surface area contributed by atoms with Crippen LogP contribution >= 0.6 is 11.6 Å². The van der Waals surface area contributed by atoms with Gasteiger partial charge in [-0.2, -0.15) is 0 Å². The molecule has 0 aliphatic rings. The quantitative estimate of drug-likeness (QED) is 0.668. The highest BCUT2D eigenvalue weighted by atomic mass is 35.5. The third-order valence-corrected chi connectivity index (χ3v) is 3.01. The first-order valence-corrected chi connectivity index (χ1v) is 6.11. The molecule has 0 fully saturated rings. The highest BCUT2D eigenvalue weighted by Crippen LogP contribution is 2.16.